The molecule has 0 saturated heterocycles. The third kappa shape index (κ3) is 4.57. The van der Waals surface area contributed by atoms with Crippen LogP contribution in [0, 0.1) is 0 Å². The van der Waals surface area contributed by atoms with Crippen molar-refractivity contribution in [2.24, 2.45) is 0 Å². The molecule has 2 aromatic carbocycles. The molecule has 0 spiro atoms. The van der Waals surface area contributed by atoms with Gasteiger partial charge in [-0.05, 0) is 35.9 Å². The zero-order chi connectivity index (χ0) is 17.5. The minimum Gasteiger partial charge on any atom is -0.462 e. The van der Waals surface area contributed by atoms with Gasteiger partial charge in [0.1, 0.15) is 11.5 Å². The van der Waals surface area contributed by atoms with Crippen LogP contribution in [-0.2, 0) is 11.2 Å². The van der Waals surface area contributed by atoms with Crippen molar-refractivity contribution in [3.8, 4) is 11.5 Å². The van der Waals surface area contributed by atoms with E-state index in [1.165, 1.54) is 6.20 Å². The average Bonchev–Trinajstić information content (AvgIpc) is 2.65. The highest BCUT2D eigenvalue weighted by molar-refractivity contribution is 5.88. The zero-order valence-electron chi connectivity index (χ0n) is 13.6. The Balaban J connectivity index is 1.55. The number of aromatic nitrogens is 1. The maximum atomic E-state index is 11.9. The Labute approximate surface area is 146 Å². The Morgan fingerprint density at radius 2 is 1.84 bits per heavy atom. The first kappa shape index (κ1) is 16.5. The summed E-state index contributed by atoms with van der Waals surface area (Å²) in [4.78, 5) is 15.8. The van der Waals surface area contributed by atoms with Crippen molar-refractivity contribution in [2.75, 3.05) is 12.3 Å². The summed E-state index contributed by atoms with van der Waals surface area (Å²) in [5.41, 5.74) is 8.01. The second kappa shape index (κ2) is 7.97. The van der Waals surface area contributed by atoms with Crippen LogP contribution in [0.5, 0.6) is 11.5 Å². The molecule has 0 unspecified atom stereocenters. The molecule has 0 aliphatic carbocycles. The summed E-state index contributed by atoms with van der Waals surface area (Å²) in [6.45, 7) is 0.247. The first-order chi connectivity index (χ1) is 12.2. The molecule has 126 valence electrons. The lowest BCUT2D eigenvalue weighted by molar-refractivity contribution is 0.0509. The second-order valence-corrected chi connectivity index (χ2v) is 5.40. The van der Waals surface area contributed by atoms with Gasteiger partial charge in [0.25, 0.3) is 0 Å². The molecule has 5 heteroatoms. The summed E-state index contributed by atoms with van der Waals surface area (Å²) in [5.74, 6) is 1.02. The first-order valence-corrected chi connectivity index (χ1v) is 7.91. The lowest BCUT2D eigenvalue weighted by Crippen LogP contribution is -2.09. The predicted octanol–water partition coefficient (Wildman–Crippen LogP) is 3.86. The van der Waals surface area contributed by atoms with Gasteiger partial charge in [0.2, 0.25) is 0 Å². The van der Waals surface area contributed by atoms with Crippen molar-refractivity contribution in [1.82, 2.24) is 4.98 Å². The van der Waals surface area contributed by atoms with E-state index in [1.54, 1.807) is 24.4 Å². The molecule has 3 aromatic rings. The third-order valence-corrected chi connectivity index (χ3v) is 3.60. The molecule has 1 aromatic heterocycles. The minimum atomic E-state index is -0.393. The van der Waals surface area contributed by atoms with Gasteiger partial charge in [-0.15, -0.1) is 0 Å². The molecule has 5 nitrogen and oxygen atoms in total. The molecule has 0 atom stereocenters. The number of hydrogen-bond acceptors (Lipinski definition) is 5. The van der Waals surface area contributed by atoms with Gasteiger partial charge in [0.15, 0.2) is 0 Å². The topological polar surface area (TPSA) is 74.4 Å². The van der Waals surface area contributed by atoms with Crippen LogP contribution in [-0.4, -0.2) is 17.6 Å². The molecule has 0 aliphatic rings. The molecule has 0 fully saturated rings. The molecule has 0 bridgehead atoms. The largest absolute Gasteiger partial charge is 0.462 e. The SMILES string of the molecule is Nc1cc(Oc2ccccc2)ccc1CCOC(=O)c1cccnc1. The van der Waals surface area contributed by atoms with E-state index in [0.717, 1.165) is 11.3 Å². The van der Waals surface area contributed by atoms with E-state index in [4.69, 9.17) is 15.2 Å². The number of rotatable bonds is 6. The summed E-state index contributed by atoms with van der Waals surface area (Å²) < 4.78 is 11.0. The van der Waals surface area contributed by atoms with Crippen molar-refractivity contribution in [3.63, 3.8) is 0 Å². The Bertz CT molecular complexity index is 836. The number of esters is 1. The number of para-hydroxylation sites is 1. The monoisotopic (exact) mass is 334 g/mol. The number of pyridine rings is 1. The molecule has 25 heavy (non-hydrogen) atoms. The number of hydrogen-bond donors (Lipinski definition) is 1. The van der Waals surface area contributed by atoms with E-state index in [2.05, 4.69) is 4.98 Å². The number of ether oxygens (including phenoxy) is 2. The lowest BCUT2D eigenvalue weighted by Gasteiger charge is -2.10. The Hall–Kier alpha value is -3.34. The van der Waals surface area contributed by atoms with Gasteiger partial charge >= 0.3 is 5.97 Å². The maximum Gasteiger partial charge on any atom is 0.339 e. The number of benzene rings is 2. The van der Waals surface area contributed by atoms with E-state index in [0.29, 0.717) is 23.4 Å². The van der Waals surface area contributed by atoms with E-state index >= 15 is 0 Å². The summed E-state index contributed by atoms with van der Waals surface area (Å²) in [7, 11) is 0. The quantitative estimate of drug-likeness (QED) is 0.547. The van der Waals surface area contributed by atoms with Crippen LogP contribution in [0.3, 0.4) is 0 Å². The fourth-order valence-corrected chi connectivity index (χ4v) is 2.31. The minimum absolute atomic E-state index is 0.247. The van der Waals surface area contributed by atoms with Gasteiger partial charge in [0, 0.05) is 30.6 Å². The molecule has 0 radical (unpaired) electrons. The van der Waals surface area contributed by atoms with Crippen LogP contribution in [0.15, 0.2) is 73.1 Å². The number of nitrogen functional groups attached to an aromatic ring is 1. The average molecular weight is 334 g/mol. The second-order valence-electron chi connectivity index (χ2n) is 5.40. The van der Waals surface area contributed by atoms with Crippen LogP contribution in [0.25, 0.3) is 0 Å². The van der Waals surface area contributed by atoms with Crippen LogP contribution < -0.4 is 10.5 Å². The summed E-state index contributed by atoms with van der Waals surface area (Å²) in [5, 5.41) is 0. The van der Waals surface area contributed by atoms with Crippen molar-refractivity contribution in [2.45, 2.75) is 6.42 Å². The fourth-order valence-electron chi connectivity index (χ4n) is 2.31. The number of nitrogens with zero attached hydrogens (tertiary/aromatic N) is 1. The maximum absolute atomic E-state index is 11.9. The Morgan fingerprint density at radius 3 is 2.56 bits per heavy atom. The molecule has 3 rings (SSSR count). The van der Waals surface area contributed by atoms with Crippen LogP contribution in [0.1, 0.15) is 15.9 Å². The molecule has 0 saturated carbocycles. The summed E-state index contributed by atoms with van der Waals surface area (Å²) >= 11 is 0. The molecule has 0 aliphatic heterocycles. The first-order valence-electron chi connectivity index (χ1n) is 7.91. The predicted molar refractivity (Wildman–Crippen MR) is 95.6 cm³/mol. The zero-order valence-corrected chi connectivity index (χ0v) is 13.6. The van der Waals surface area contributed by atoms with Crippen molar-refractivity contribution in [1.29, 1.82) is 0 Å². The highest BCUT2D eigenvalue weighted by atomic mass is 16.5. The van der Waals surface area contributed by atoms with E-state index < -0.39 is 5.97 Å². The molecule has 1 heterocycles. The Morgan fingerprint density at radius 1 is 1.00 bits per heavy atom. The number of carbonyl (C=O) groups is 1. The van der Waals surface area contributed by atoms with Crippen molar-refractivity contribution in [3.05, 3.63) is 84.2 Å². The number of anilines is 1. The number of carbonyl (C=O) groups excluding carboxylic acids is 1. The molecular formula is C20H18N2O3. The Kier molecular flexibility index (Phi) is 5.26. The van der Waals surface area contributed by atoms with Gasteiger partial charge in [-0.2, -0.15) is 0 Å². The standard InChI is InChI=1S/C20H18N2O3/c21-19-13-18(25-17-6-2-1-3-7-17)9-8-15(19)10-12-24-20(23)16-5-4-11-22-14-16/h1-9,11,13-14H,10,12,21H2. The highest BCUT2D eigenvalue weighted by Crippen LogP contribution is 2.25. The summed E-state index contributed by atoms with van der Waals surface area (Å²) in [6.07, 6.45) is 3.62. The normalized spacial score (nSPS) is 10.2. The van der Waals surface area contributed by atoms with Crippen molar-refractivity contribution >= 4 is 11.7 Å². The van der Waals surface area contributed by atoms with Gasteiger partial charge in [-0.3, -0.25) is 4.98 Å². The van der Waals surface area contributed by atoms with Gasteiger partial charge in [0.05, 0.1) is 12.2 Å². The van der Waals surface area contributed by atoms with Crippen LogP contribution in [0.4, 0.5) is 5.69 Å². The highest BCUT2D eigenvalue weighted by Gasteiger charge is 2.08. The summed E-state index contributed by atoms with van der Waals surface area (Å²) in [6, 6.07) is 18.4. The molecular weight excluding hydrogens is 316 g/mol. The van der Waals surface area contributed by atoms with E-state index in [9.17, 15) is 4.79 Å². The molecule has 0 amide bonds. The number of nitrogens with two attached hydrogens (primary N) is 1. The van der Waals surface area contributed by atoms with E-state index in [1.807, 2.05) is 42.5 Å². The van der Waals surface area contributed by atoms with Crippen LogP contribution >= 0.6 is 0 Å². The lowest BCUT2D eigenvalue weighted by atomic mass is 10.1. The third-order valence-electron chi connectivity index (χ3n) is 3.60. The van der Waals surface area contributed by atoms with Gasteiger partial charge < -0.3 is 15.2 Å². The van der Waals surface area contributed by atoms with Gasteiger partial charge in [-0.1, -0.05) is 24.3 Å². The van der Waals surface area contributed by atoms with Crippen molar-refractivity contribution < 1.29 is 14.3 Å². The van der Waals surface area contributed by atoms with E-state index in [-0.39, 0.29) is 6.61 Å². The fraction of sp³-hybridized carbons (Fsp3) is 0.100. The molecule has 2 N–H and O–H groups in total. The smallest absolute Gasteiger partial charge is 0.339 e. The van der Waals surface area contributed by atoms with Gasteiger partial charge in [-0.25, -0.2) is 4.79 Å². The van der Waals surface area contributed by atoms with Crippen LogP contribution in [0.2, 0.25) is 0 Å².